The number of oxime groups is 1. The average molecular weight is 273 g/mol. The van der Waals surface area contributed by atoms with Crippen LogP contribution in [0.3, 0.4) is 0 Å². The molecule has 0 aromatic heterocycles. The number of aliphatic hydroxyl groups excluding tert-OH is 1. The number of hydrogen-bond donors (Lipinski definition) is 4. The van der Waals surface area contributed by atoms with E-state index in [2.05, 4.69) is 10.5 Å². The predicted molar refractivity (Wildman–Crippen MR) is 58.3 cm³/mol. The van der Waals surface area contributed by atoms with E-state index in [1.54, 1.807) is 0 Å². The van der Waals surface area contributed by atoms with Crippen LogP contribution in [-0.4, -0.2) is 55.2 Å². The number of nitrogens with one attached hydrogen (secondary N) is 1. The topological polar surface area (TPSA) is 100 Å². The van der Waals surface area contributed by atoms with Crippen LogP contribution < -0.4 is 11.1 Å². The van der Waals surface area contributed by atoms with E-state index >= 15 is 0 Å². The van der Waals surface area contributed by atoms with Gasteiger partial charge in [-0.15, -0.1) is 0 Å². The van der Waals surface area contributed by atoms with Gasteiger partial charge >= 0.3 is 6.18 Å². The Hall–Kier alpha value is -1.06. The molecule has 0 aliphatic rings. The molecular formula is C9H18F3N3O3. The minimum atomic E-state index is -4.56. The summed E-state index contributed by atoms with van der Waals surface area (Å²) in [5.41, 5.74) is 4.97. The SMILES string of the molecule is NC(=NO)C(CNCCCOCCO)C(F)(F)F. The highest BCUT2D eigenvalue weighted by molar-refractivity contribution is 5.83. The number of alkyl halides is 3. The molecule has 18 heavy (non-hydrogen) atoms. The van der Waals surface area contributed by atoms with Crippen LogP contribution in [0.15, 0.2) is 5.16 Å². The maximum Gasteiger partial charge on any atom is 0.400 e. The second-order valence-corrected chi connectivity index (χ2v) is 3.51. The molecule has 0 aliphatic heterocycles. The summed E-state index contributed by atoms with van der Waals surface area (Å²) in [4.78, 5) is 0. The maximum atomic E-state index is 12.5. The average Bonchev–Trinajstić information content (AvgIpc) is 2.30. The van der Waals surface area contributed by atoms with Crippen molar-refractivity contribution in [2.24, 2.45) is 16.8 Å². The molecule has 0 bridgehead atoms. The van der Waals surface area contributed by atoms with Gasteiger partial charge in [-0.05, 0) is 13.0 Å². The Labute approximate surface area is 103 Å². The monoisotopic (exact) mass is 273 g/mol. The number of hydrogen-bond acceptors (Lipinski definition) is 5. The van der Waals surface area contributed by atoms with Crippen molar-refractivity contribution in [2.45, 2.75) is 12.6 Å². The van der Waals surface area contributed by atoms with Gasteiger partial charge in [0.15, 0.2) is 5.84 Å². The Morgan fingerprint density at radius 2 is 2.06 bits per heavy atom. The molecule has 0 aromatic rings. The first-order valence-electron chi connectivity index (χ1n) is 5.37. The molecule has 1 unspecified atom stereocenters. The van der Waals surface area contributed by atoms with E-state index in [1.165, 1.54) is 0 Å². The summed E-state index contributed by atoms with van der Waals surface area (Å²) in [7, 11) is 0. The third-order valence-electron chi connectivity index (χ3n) is 2.09. The first-order valence-corrected chi connectivity index (χ1v) is 5.37. The highest BCUT2D eigenvalue weighted by Gasteiger charge is 2.42. The zero-order chi connectivity index (χ0) is 14.0. The Kier molecular flexibility index (Phi) is 8.42. The van der Waals surface area contributed by atoms with Gasteiger partial charge in [-0.3, -0.25) is 0 Å². The Balaban J connectivity index is 3.86. The van der Waals surface area contributed by atoms with Gasteiger partial charge in [-0.25, -0.2) is 0 Å². The van der Waals surface area contributed by atoms with Crippen LogP contribution in [0.5, 0.6) is 0 Å². The summed E-state index contributed by atoms with van der Waals surface area (Å²) in [5, 5.41) is 21.6. The van der Waals surface area contributed by atoms with Crippen LogP contribution >= 0.6 is 0 Å². The van der Waals surface area contributed by atoms with E-state index in [1.807, 2.05) is 0 Å². The fraction of sp³-hybridized carbons (Fsp3) is 0.889. The predicted octanol–water partition coefficient (Wildman–Crippen LogP) is -0.100. The zero-order valence-electron chi connectivity index (χ0n) is 9.78. The van der Waals surface area contributed by atoms with Crippen molar-refractivity contribution in [1.82, 2.24) is 5.32 Å². The van der Waals surface area contributed by atoms with Crippen LogP contribution in [0.1, 0.15) is 6.42 Å². The molecule has 0 saturated carbocycles. The summed E-state index contributed by atoms with van der Waals surface area (Å²) < 4.78 is 42.3. The second kappa shape index (κ2) is 8.95. The quantitative estimate of drug-likeness (QED) is 0.154. The number of ether oxygens (including phenoxy) is 1. The van der Waals surface area contributed by atoms with Crippen molar-refractivity contribution in [3.05, 3.63) is 0 Å². The minimum Gasteiger partial charge on any atom is -0.409 e. The lowest BCUT2D eigenvalue weighted by Crippen LogP contribution is -2.43. The first-order chi connectivity index (χ1) is 8.43. The van der Waals surface area contributed by atoms with Crippen molar-refractivity contribution in [3.63, 3.8) is 0 Å². The normalized spacial score (nSPS) is 14.8. The van der Waals surface area contributed by atoms with Gasteiger partial charge in [-0.1, -0.05) is 5.16 Å². The lowest BCUT2D eigenvalue weighted by Gasteiger charge is -2.19. The van der Waals surface area contributed by atoms with Crippen molar-refractivity contribution < 1.29 is 28.2 Å². The molecule has 108 valence electrons. The standard InChI is InChI=1S/C9H18F3N3O3/c10-9(11,12)7(8(13)15-17)6-14-2-1-4-18-5-3-16/h7,14,16-17H,1-6H2,(H2,13,15). The van der Waals surface area contributed by atoms with Gasteiger partial charge in [0.05, 0.1) is 13.2 Å². The fourth-order valence-corrected chi connectivity index (χ4v) is 1.17. The molecule has 6 nitrogen and oxygen atoms in total. The number of nitrogens with zero attached hydrogens (tertiary/aromatic N) is 1. The minimum absolute atomic E-state index is 0.0902. The Morgan fingerprint density at radius 3 is 2.56 bits per heavy atom. The van der Waals surface area contributed by atoms with Crippen LogP contribution in [-0.2, 0) is 4.74 Å². The summed E-state index contributed by atoms with van der Waals surface area (Å²) in [6.45, 7) is 0.298. The summed E-state index contributed by atoms with van der Waals surface area (Å²) in [6, 6.07) is 0. The van der Waals surface area contributed by atoms with Gasteiger partial charge in [0.2, 0.25) is 0 Å². The van der Waals surface area contributed by atoms with Crippen LogP contribution in [0, 0.1) is 5.92 Å². The third kappa shape index (κ3) is 7.30. The van der Waals surface area contributed by atoms with Crippen molar-refractivity contribution >= 4 is 5.84 Å². The number of rotatable bonds is 9. The van der Waals surface area contributed by atoms with Gasteiger partial charge in [0, 0.05) is 13.2 Å². The smallest absolute Gasteiger partial charge is 0.400 e. The van der Waals surface area contributed by atoms with Crippen LogP contribution in [0.2, 0.25) is 0 Å². The molecule has 0 fully saturated rings. The molecule has 0 amide bonds. The van der Waals surface area contributed by atoms with E-state index < -0.39 is 24.5 Å². The first kappa shape index (κ1) is 16.9. The van der Waals surface area contributed by atoms with E-state index in [0.717, 1.165) is 0 Å². The van der Waals surface area contributed by atoms with Crippen molar-refractivity contribution in [1.29, 1.82) is 0 Å². The fourth-order valence-electron chi connectivity index (χ4n) is 1.17. The van der Waals surface area contributed by atoms with E-state index in [4.69, 9.17) is 20.8 Å². The number of amidine groups is 1. The molecule has 0 radical (unpaired) electrons. The molecule has 9 heteroatoms. The number of halogens is 3. The van der Waals surface area contributed by atoms with Crippen LogP contribution in [0.25, 0.3) is 0 Å². The van der Waals surface area contributed by atoms with Crippen LogP contribution in [0.4, 0.5) is 13.2 Å². The van der Waals surface area contributed by atoms with Gasteiger partial charge in [-0.2, -0.15) is 13.2 Å². The Bertz CT molecular complexity index is 249. The van der Waals surface area contributed by atoms with E-state index in [9.17, 15) is 13.2 Å². The second-order valence-electron chi connectivity index (χ2n) is 3.51. The molecule has 0 aliphatic carbocycles. The molecule has 5 N–H and O–H groups in total. The van der Waals surface area contributed by atoms with Gasteiger partial charge in [0.1, 0.15) is 5.92 Å². The highest BCUT2D eigenvalue weighted by atomic mass is 19.4. The lowest BCUT2D eigenvalue weighted by molar-refractivity contribution is -0.154. The summed E-state index contributed by atoms with van der Waals surface area (Å²) in [5.74, 6) is -2.88. The maximum absolute atomic E-state index is 12.5. The van der Waals surface area contributed by atoms with Gasteiger partial charge in [0.25, 0.3) is 0 Å². The molecule has 0 heterocycles. The molecule has 0 spiro atoms. The third-order valence-corrected chi connectivity index (χ3v) is 2.09. The van der Waals surface area contributed by atoms with E-state index in [-0.39, 0.29) is 13.2 Å². The summed E-state index contributed by atoms with van der Waals surface area (Å²) >= 11 is 0. The van der Waals surface area contributed by atoms with Gasteiger partial charge < -0.3 is 26.1 Å². The number of aliphatic hydroxyl groups is 1. The lowest BCUT2D eigenvalue weighted by atomic mass is 10.1. The highest BCUT2D eigenvalue weighted by Crippen LogP contribution is 2.25. The Morgan fingerprint density at radius 1 is 1.39 bits per heavy atom. The zero-order valence-corrected chi connectivity index (χ0v) is 9.78. The van der Waals surface area contributed by atoms with Crippen molar-refractivity contribution in [2.75, 3.05) is 32.9 Å². The molecule has 0 aromatic carbocycles. The van der Waals surface area contributed by atoms with Crippen molar-refractivity contribution in [3.8, 4) is 0 Å². The van der Waals surface area contributed by atoms with E-state index in [0.29, 0.717) is 19.6 Å². The molecular weight excluding hydrogens is 255 g/mol. The largest absolute Gasteiger partial charge is 0.409 e. The molecule has 0 rings (SSSR count). The summed E-state index contributed by atoms with van der Waals surface area (Å²) in [6.07, 6.45) is -4.06. The number of nitrogens with two attached hydrogens (primary N) is 1. The molecule has 0 saturated heterocycles. The molecule has 1 atom stereocenters.